The van der Waals surface area contributed by atoms with Gasteiger partial charge in [-0.05, 0) is 26.2 Å². The van der Waals surface area contributed by atoms with Gasteiger partial charge in [0.25, 0.3) is 0 Å². The Hall–Kier alpha value is -0.460. The minimum absolute atomic E-state index is 0. The molecular formula is C11H20IN3O. The first-order valence-electron chi connectivity index (χ1n) is 5.64. The molecule has 2 amide bonds. The summed E-state index contributed by atoms with van der Waals surface area (Å²) >= 11 is 0. The molecule has 1 unspecified atom stereocenters. The predicted octanol–water partition coefficient (Wildman–Crippen LogP) is 2.27. The third-order valence-corrected chi connectivity index (χ3v) is 3.17. The molecule has 0 N–H and O–H groups in total. The maximum absolute atomic E-state index is 12.1. The summed E-state index contributed by atoms with van der Waals surface area (Å²) in [4.78, 5) is 17.9. The summed E-state index contributed by atoms with van der Waals surface area (Å²) in [6.45, 7) is 3.73. The lowest BCUT2D eigenvalue weighted by Gasteiger charge is -2.35. The molecule has 2 rings (SSSR count). The molecule has 0 saturated carbocycles. The van der Waals surface area contributed by atoms with Crippen LogP contribution in [-0.2, 0) is 0 Å². The summed E-state index contributed by atoms with van der Waals surface area (Å²) < 4.78 is 0. The highest BCUT2D eigenvalue weighted by atomic mass is 127. The summed E-state index contributed by atoms with van der Waals surface area (Å²) in [7, 11) is 1.98. The topological polar surface area (TPSA) is 26.8 Å². The lowest BCUT2D eigenvalue weighted by atomic mass is 10.0. The Kier molecular flexibility index (Phi) is 4.89. The normalized spacial score (nSPS) is 24.6. The minimum atomic E-state index is 0. The minimum Gasteiger partial charge on any atom is -0.361 e. The second-order valence-corrected chi connectivity index (χ2v) is 4.49. The molecule has 0 aromatic heterocycles. The van der Waals surface area contributed by atoms with Gasteiger partial charge in [-0.25, -0.2) is 4.79 Å². The van der Waals surface area contributed by atoms with E-state index in [4.69, 9.17) is 0 Å². The number of halogens is 1. The second-order valence-electron chi connectivity index (χ2n) is 4.49. The number of carbonyl (C=O) groups excluding carboxylic acids is 1. The van der Waals surface area contributed by atoms with Crippen LogP contribution >= 0.6 is 24.0 Å². The molecule has 1 saturated heterocycles. The maximum Gasteiger partial charge on any atom is 0.325 e. The van der Waals surface area contributed by atoms with Crippen LogP contribution in [0.3, 0.4) is 0 Å². The van der Waals surface area contributed by atoms with Gasteiger partial charge in [0.15, 0.2) is 0 Å². The molecule has 0 aliphatic carbocycles. The maximum atomic E-state index is 12.1. The number of hydrogen-bond donors (Lipinski definition) is 0. The average molecular weight is 337 g/mol. The molecule has 0 radical (unpaired) electrons. The summed E-state index contributed by atoms with van der Waals surface area (Å²) in [5.41, 5.74) is 0. The van der Waals surface area contributed by atoms with Gasteiger partial charge in [0.05, 0.1) is 6.67 Å². The van der Waals surface area contributed by atoms with E-state index >= 15 is 0 Å². The van der Waals surface area contributed by atoms with Crippen molar-refractivity contribution in [2.24, 2.45) is 0 Å². The Bertz CT molecular complexity index is 282. The Morgan fingerprint density at radius 1 is 1.31 bits per heavy atom. The van der Waals surface area contributed by atoms with Gasteiger partial charge in [-0.3, -0.25) is 4.90 Å². The van der Waals surface area contributed by atoms with E-state index in [0.29, 0.717) is 12.7 Å². The van der Waals surface area contributed by atoms with E-state index in [1.54, 1.807) is 4.90 Å². The molecule has 0 aromatic rings. The SMILES string of the molecule is CC1CCCCN1C(=O)N1C=CN(C)C1.I. The molecule has 2 aliphatic rings. The number of carbonyl (C=O) groups is 1. The first kappa shape index (κ1) is 13.6. The van der Waals surface area contributed by atoms with Crippen LogP contribution in [0.5, 0.6) is 0 Å². The Balaban J connectivity index is 0.00000128. The Morgan fingerprint density at radius 2 is 2.06 bits per heavy atom. The van der Waals surface area contributed by atoms with Gasteiger partial charge in [0, 0.05) is 32.0 Å². The summed E-state index contributed by atoms with van der Waals surface area (Å²) in [5.74, 6) is 0. The van der Waals surface area contributed by atoms with E-state index in [1.807, 2.05) is 29.2 Å². The molecule has 1 fully saturated rings. The second kappa shape index (κ2) is 5.75. The summed E-state index contributed by atoms with van der Waals surface area (Å²) in [5, 5.41) is 0. The fraction of sp³-hybridized carbons (Fsp3) is 0.727. The van der Waals surface area contributed by atoms with Gasteiger partial charge in [-0.15, -0.1) is 24.0 Å². The van der Waals surface area contributed by atoms with Crippen molar-refractivity contribution in [3.63, 3.8) is 0 Å². The van der Waals surface area contributed by atoms with Crippen LogP contribution < -0.4 is 0 Å². The summed E-state index contributed by atoms with van der Waals surface area (Å²) in [6, 6.07) is 0.549. The number of piperidine rings is 1. The van der Waals surface area contributed by atoms with E-state index in [1.165, 1.54) is 6.42 Å². The predicted molar refractivity (Wildman–Crippen MR) is 74.4 cm³/mol. The molecular weight excluding hydrogens is 317 g/mol. The van der Waals surface area contributed by atoms with Crippen LogP contribution in [0.15, 0.2) is 12.4 Å². The van der Waals surface area contributed by atoms with Crippen LogP contribution in [0, 0.1) is 0 Å². The van der Waals surface area contributed by atoms with Crippen LogP contribution in [0.1, 0.15) is 26.2 Å². The van der Waals surface area contributed by atoms with Crippen molar-refractivity contribution in [2.75, 3.05) is 20.3 Å². The highest BCUT2D eigenvalue weighted by Gasteiger charge is 2.27. The monoisotopic (exact) mass is 337 g/mol. The summed E-state index contributed by atoms with van der Waals surface area (Å²) in [6.07, 6.45) is 7.33. The molecule has 0 aromatic carbocycles. The third kappa shape index (κ3) is 2.81. The third-order valence-electron chi connectivity index (χ3n) is 3.17. The standard InChI is InChI=1S/C11H19N3O.HI/c1-10-5-3-4-6-14(10)11(15)13-8-7-12(2)9-13;/h7-8,10H,3-6,9H2,1-2H3;1H. The highest BCUT2D eigenvalue weighted by molar-refractivity contribution is 14.0. The van der Waals surface area contributed by atoms with Crippen LogP contribution in [-0.4, -0.2) is 47.0 Å². The van der Waals surface area contributed by atoms with Crippen LogP contribution in [0.4, 0.5) is 4.79 Å². The molecule has 4 nitrogen and oxygen atoms in total. The van der Waals surface area contributed by atoms with Gasteiger partial charge in [0.1, 0.15) is 0 Å². The number of hydrogen-bond acceptors (Lipinski definition) is 2. The largest absolute Gasteiger partial charge is 0.361 e. The molecule has 2 aliphatic heterocycles. The smallest absolute Gasteiger partial charge is 0.325 e. The molecule has 0 spiro atoms. The fourth-order valence-corrected chi connectivity index (χ4v) is 2.20. The van der Waals surface area contributed by atoms with Crippen molar-refractivity contribution in [2.45, 2.75) is 32.2 Å². The van der Waals surface area contributed by atoms with Gasteiger partial charge in [-0.2, -0.15) is 0 Å². The first-order valence-corrected chi connectivity index (χ1v) is 5.64. The molecule has 16 heavy (non-hydrogen) atoms. The lowest BCUT2D eigenvalue weighted by Crippen LogP contribution is -2.48. The number of amides is 2. The van der Waals surface area contributed by atoms with Gasteiger partial charge < -0.3 is 9.80 Å². The van der Waals surface area contributed by atoms with Crippen molar-refractivity contribution in [3.8, 4) is 0 Å². The Morgan fingerprint density at radius 3 is 2.62 bits per heavy atom. The molecule has 5 heteroatoms. The van der Waals surface area contributed by atoms with Gasteiger partial charge >= 0.3 is 6.03 Å². The van der Waals surface area contributed by atoms with Crippen molar-refractivity contribution < 1.29 is 4.79 Å². The van der Waals surface area contributed by atoms with Crippen molar-refractivity contribution >= 4 is 30.0 Å². The van der Waals surface area contributed by atoms with Crippen molar-refractivity contribution in [1.29, 1.82) is 0 Å². The molecule has 0 bridgehead atoms. The number of rotatable bonds is 0. The van der Waals surface area contributed by atoms with Gasteiger partial charge in [-0.1, -0.05) is 0 Å². The first-order chi connectivity index (χ1) is 7.18. The van der Waals surface area contributed by atoms with E-state index in [9.17, 15) is 4.79 Å². The molecule has 92 valence electrons. The van der Waals surface area contributed by atoms with E-state index in [0.717, 1.165) is 19.4 Å². The fourth-order valence-electron chi connectivity index (χ4n) is 2.20. The quantitative estimate of drug-likeness (QED) is 0.634. The van der Waals surface area contributed by atoms with E-state index < -0.39 is 0 Å². The Labute approximate surface area is 114 Å². The van der Waals surface area contributed by atoms with Crippen molar-refractivity contribution in [1.82, 2.24) is 14.7 Å². The van der Waals surface area contributed by atoms with Gasteiger partial charge in [0.2, 0.25) is 0 Å². The number of nitrogens with zero attached hydrogens (tertiary/aromatic N) is 3. The number of likely N-dealkylation sites (tertiary alicyclic amines) is 1. The van der Waals surface area contributed by atoms with E-state index in [2.05, 4.69) is 6.92 Å². The van der Waals surface area contributed by atoms with Crippen LogP contribution in [0.25, 0.3) is 0 Å². The lowest BCUT2D eigenvalue weighted by molar-refractivity contribution is 0.129. The number of urea groups is 1. The van der Waals surface area contributed by atoms with Crippen LogP contribution in [0.2, 0.25) is 0 Å². The van der Waals surface area contributed by atoms with E-state index in [-0.39, 0.29) is 30.0 Å². The van der Waals surface area contributed by atoms with Crippen molar-refractivity contribution in [3.05, 3.63) is 12.4 Å². The average Bonchev–Trinajstić information content (AvgIpc) is 2.65. The molecule has 1 atom stereocenters. The zero-order chi connectivity index (χ0) is 10.8. The highest BCUT2D eigenvalue weighted by Crippen LogP contribution is 2.19. The zero-order valence-electron chi connectivity index (χ0n) is 9.93. The zero-order valence-corrected chi connectivity index (χ0v) is 12.3. The molecule has 2 heterocycles.